The molecule has 154 valence electrons. The topological polar surface area (TPSA) is 102 Å². The van der Waals surface area contributed by atoms with Crippen LogP contribution >= 0.6 is 0 Å². The number of nitrogens with zero attached hydrogens (tertiary/aromatic N) is 2. The van der Waals surface area contributed by atoms with Crippen molar-refractivity contribution in [3.05, 3.63) is 58.5 Å². The van der Waals surface area contributed by atoms with E-state index in [1.54, 1.807) is 0 Å². The summed E-state index contributed by atoms with van der Waals surface area (Å²) in [6.45, 7) is 0.329. The number of carbonyl (C=O) groups excluding carboxylic acids is 2. The molecule has 1 aliphatic carbocycles. The zero-order chi connectivity index (χ0) is 20.5. The Kier molecular flexibility index (Phi) is 7.38. The average molecular weight is 398 g/mol. The molecule has 1 aromatic heterocycles. The first-order valence-corrected chi connectivity index (χ1v) is 9.95. The Morgan fingerprint density at radius 3 is 2.59 bits per heavy atom. The van der Waals surface area contributed by atoms with Crippen LogP contribution in [0.25, 0.3) is 0 Å². The lowest BCUT2D eigenvalue weighted by Crippen LogP contribution is -2.43. The third-order valence-corrected chi connectivity index (χ3v) is 4.79. The minimum absolute atomic E-state index is 0.0785. The van der Waals surface area contributed by atoms with Crippen molar-refractivity contribution in [2.45, 2.75) is 44.7 Å². The van der Waals surface area contributed by atoms with Crippen LogP contribution in [0.2, 0.25) is 0 Å². The maximum atomic E-state index is 12.3. The zero-order valence-electron chi connectivity index (χ0n) is 16.3. The Bertz CT molecular complexity index is 876. The standard InChI is InChI=1S/C21H26N4O4/c26-19(23-16-7-3-1-4-8-16)15-22-21(28)18-11-12-20(27)25(24-18)13-14-29-17-9-5-2-6-10-17/h2,5-6,9-12,16H,1,3-4,7-8,13-15H2,(H,22,28)(H,23,26). The smallest absolute Gasteiger partial charge is 0.272 e. The van der Waals surface area contributed by atoms with Crippen LogP contribution in [0.3, 0.4) is 0 Å². The van der Waals surface area contributed by atoms with Gasteiger partial charge in [0.15, 0.2) is 0 Å². The molecule has 0 spiro atoms. The van der Waals surface area contributed by atoms with E-state index >= 15 is 0 Å². The number of carbonyl (C=O) groups is 2. The Hall–Kier alpha value is -3.16. The van der Waals surface area contributed by atoms with Crippen LogP contribution in [0, 0.1) is 0 Å². The van der Waals surface area contributed by atoms with Crippen LogP contribution in [0.15, 0.2) is 47.3 Å². The van der Waals surface area contributed by atoms with E-state index in [9.17, 15) is 14.4 Å². The lowest BCUT2D eigenvalue weighted by molar-refractivity contribution is -0.121. The number of amides is 2. The molecule has 1 aromatic carbocycles. The largest absolute Gasteiger partial charge is 0.492 e. The van der Waals surface area contributed by atoms with Gasteiger partial charge < -0.3 is 15.4 Å². The first kappa shape index (κ1) is 20.6. The molecule has 1 saturated carbocycles. The molecule has 1 aliphatic rings. The second-order valence-electron chi connectivity index (χ2n) is 7.03. The van der Waals surface area contributed by atoms with E-state index in [0.717, 1.165) is 25.7 Å². The van der Waals surface area contributed by atoms with E-state index in [1.807, 2.05) is 30.3 Å². The number of hydrogen-bond donors (Lipinski definition) is 2. The lowest BCUT2D eigenvalue weighted by atomic mass is 9.95. The average Bonchev–Trinajstić information content (AvgIpc) is 2.75. The molecule has 0 bridgehead atoms. The van der Waals surface area contributed by atoms with E-state index in [1.165, 1.54) is 23.2 Å². The van der Waals surface area contributed by atoms with Gasteiger partial charge in [-0.25, -0.2) is 4.68 Å². The van der Waals surface area contributed by atoms with E-state index < -0.39 is 5.91 Å². The highest BCUT2D eigenvalue weighted by atomic mass is 16.5. The minimum atomic E-state index is -0.499. The van der Waals surface area contributed by atoms with Gasteiger partial charge in [0.2, 0.25) is 5.91 Å². The van der Waals surface area contributed by atoms with Crippen LogP contribution in [-0.4, -0.2) is 40.8 Å². The van der Waals surface area contributed by atoms with Crippen molar-refractivity contribution >= 4 is 11.8 Å². The van der Waals surface area contributed by atoms with Crippen LogP contribution < -0.4 is 20.9 Å². The molecule has 0 radical (unpaired) electrons. The monoisotopic (exact) mass is 398 g/mol. The SMILES string of the molecule is O=C(CNC(=O)c1ccc(=O)n(CCOc2ccccc2)n1)NC1CCCCC1. The van der Waals surface area contributed by atoms with E-state index in [2.05, 4.69) is 15.7 Å². The van der Waals surface area contributed by atoms with Gasteiger partial charge in [-0.05, 0) is 31.0 Å². The number of nitrogens with one attached hydrogen (secondary N) is 2. The predicted molar refractivity (Wildman–Crippen MR) is 108 cm³/mol. The fourth-order valence-electron chi connectivity index (χ4n) is 3.27. The number of aromatic nitrogens is 2. The van der Waals surface area contributed by atoms with Crippen molar-refractivity contribution < 1.29 is 14.3 Å². The Morgan fingerprint density at radius 1 is 1.07 bits per heavy atom. The van der Waals surface area contributed by atoms with Gasteiger partial charge in [0.25, 0.3) is 11.5 Å². The number of hydrogen-bond acceptors (Lipinski definition) is 5. The first-order chi connectivity index (χ1) is 14.1. The molecule has 29 heavy (non-hydrogen) atoms. The molecular weight excluding hydrogens is 372 g/mol. The Labute approximate surface area is 169 Å². The van der Waals surface area contributed by atoms with Gasteiger partial charge in [0.1, 0.15) is 18.1 Å². The Balaban J connectivity index is 1.49. The van der Waals surface area contributed by atoms with Crippen molar-refractivity contribution in [1.29, 1.82) is 0 Å². The van der Waals surface area contributed by atoms with Crippen molar-refractivity contribution in [1.82, 2.24) is 20.4 Å². The zero-order valence-corrected chi connectivity index (χ0v) is 16.3. The van der Waals surface area contributed by atoms with Gasteiger partial charge in [0.05, 0.1) is 13.1 Å². The molecule has 0 unspecified atom stereocenters. The molecule has 0 atom stereocenters. The second-order valence-corrected chi connectivity index (χ2v) is 7.03. The molecule has 1 heterocycles. The van der Waals surface area contributed by atoms with Gasteiger partial charge in [-0.2, -0.15) is 5.10 Å². The summed E-state index contributed by atoms with van der Waals surface area (Å²) in [6.07, 6.45) is 5.42. The summed E-state index contributed by atoms with van der Waals surface area (Å²) in [4.78, 5) is 36.3. The van der Waals surface area contributed by atoms with Crippen molar-refractivity contribution in [3.8, 4) is 5.75 Å². The predicted octanol–water partition coefficient (Wildman–Crippen LogP) is 1.50. The fraction of sp³-hybridized carbons (Fsp3) is 0.429. The number of para-hydroxylation sites is 1. The maximum absolute atomic E-state index is 12.3. The van der Waals surface area contributed by atoms with E-state index in [0.29, 0.717) is 5.75 Å². The molecule has 2 aromatic rings. The highest BCUT2D eigenvalue weighted by Crippen LogP contribution is 2.17. The summed E-state index contributed by atoms with van der Waals surface area (Å²) in [6, 6.07) is 12.1. The van der Waals surface area contributed by atoms with Crippen LogP contribution in [0.1, 0.15) is 42.6 Å². The molecule has 2 N–H and O–H groups in total. The van der Waals surface area contributed by atoms with Crippen LogP contribution in [0.5, 0.6) is 5.75 Å². The summed E-state index contributed by atoms with van der Waals surface area (Å²) in [5.74, 6) is -0.0187. The fourth-order valence-corrected chi connectivity index (χ4v) is 3.27. The maximum Gasteiger partial charge on any atom is 0.272 e. The van der Waals surface area contributed by atoms with Crippen LogP contribution in [0.4, 0.5) is 0 Å². The molecule has 0 saturated heterocycles. The summed E-state index contributed by atoms with van der Waals surface area (Å²) < 4.78 is 6.74. The molecule has 8 heteroatoms. The summed E-state index contributed by atoms with van der Waals surface area (Å²) in [5.41, 5.74) is -0.247. The quantitative estimate of drug-likeness (QED) is 0.702. The highest BCUT2D eigenvalue weighted by Gasteiger charge is 2.17. The molecule has 2 amide bonds. The third-order valence-electron chi connectivity index (χ3n) is 4.79. The minimum Gasteiger partial charge on any atom is -0.492 e. The molecule has 0 aliphatic heterocycles. The second kappa shape index (κ2) is 10.4. The van der Waals surface area contributed by atoms with Gasteiger partial charge in [0, 0.05) is 12.1 Å². The molecule has 8 nitrogen and oxygen atoms in total. The van der Waals surface area contributed by atoms with E-state index in [4.69, 9.17) is 4.74 Å². The Morgan fingerprint density at radius 2 is 1.83 bits per heavy atom. The van der Waals surface area contributed by atoms with Gasteiger partial charge in [-0.3, -0.25) is 14.4 Å². The third kappa shape index (κ3) is 6.44. The molecule has 1 fully saturated rings. The van der Waals surface area contributed by atoms with Crippen molar-refractivity contribution in [2.75, 3.05) is 13.2 Å². The van der Waals surface area contributed by atoms with Crippen LogP contribution in [-0.2, 0) is 11.3 Å². The van der Waals surface area contributed by atoms with Gasteiger partial charge in [-0.15, -0.1) is 0 Å². The van der Waals surface area contributed by atoms with Crippen molar-refractivity contribution in [2.24, 2.45) is 0 Å². The molecular formula is C21H26N4O4. The number of benzene rings is 1. The summed E-state index contributed by atoms with van der Waals surface area (Å²) >= 11 is 0. The highest BCUT2D eigenvalue weighted by molar-refractivity contribution is 5.94. The summed E-state index contributed by atoms with van der Waals surface area (Å²) in [5, 5.41) is 9.58. The first-order valence-electron chi connectivity index (χ1n) is 9.95. The normalized spacial score (nSPS) is 14.2. The number of rotatable bonds is 8. The molecule has 3 rings (SSSR count). The van der Waals surface area contributed by atoms with Gasteiger partial charge in [-0.1, -0.05) is 37.5 Å². The van der Waals surface area contributed by atoms with E-state index in [-0.39, 0.29) is 42.9 Å². The number of ether oxygens (including phenoxy) is 1. The van der Waals surface area contributed by atoms with Crippen molar-refractivity contribution in [3.63, 3.8) is 0 Å². The van der Waals surface area contributed by atoms with Gasteiger partial charge >= 0.3 is 0 Å². The summed E-state index contributed by atoms with van der Waals surface area (Å²) in [7, 11) is 0. The lowest BCUT2D eigenvalue weighted by Gasteiger charge is -2.22.